The Kier molecular flexibility index (Phi) is 4.30. The molecule has 0 saturated carbocycles. The minimum atomic E-state index is 0.427. The lowest BCUT2D eigenvalue weighted by Crippen LogP contribution is -2.21. The van der Waals surface area contributed by atoms with E-state index in [1.54, 1.807) is 6.20 Å². The Morgan fingerprint density at radius 2 is 2.00 bits per heavy atom. The summed E-state index contributed by atoms with van der Waals surface area (Å²) in [4.78, 5) is 20.9. The number of rotatable bonds is 4. The number of anilines is 1. The summed E-state index contributed by atoms with van der Waals surface area (Å²) in [5.41, 5.74) is 3.09. The van der Waals surface area contributed by atoms with Gasteiger partial charge in [-0.15, -0.1) is 0 Å². The third kappa shape index (κ3) is 3.18. The van der Waals surface area contributed by atoms with Crippen molar-refractivity contribution in [1.82, 2.24) is 19.9 Å². The van der Waals surface area contributed by atoms with Gasteiger partial charge in [0.05, 0.1) is 0 Å². The average Bonchev–Trinajstić information content (AvgIpc) is 3.17. The number of aryl methyl sites for hydroxylation is 2. The zero-order chi connectivity index (χ0) is 17.2. The third-order valence-corrected chi connectivity index (χ3v) is 4.91. The van der Waals surface area contributed by atoms with Crippen molar-refractivity contribution in [3.8, 4) is 0 Å². The van der Waals surface area contributed by atoms with Crippen LogP contribution in [0.25, 0.3) is 11.0 Å². The average molecular weight is 333 g/mol. The van der Waals surface area contributed by atoms with Crippen molar-refractivity contribution in [1.29, 1.82) is 0 Å². The van der Waals surface area contributed by atoms with Crippen LogP contribution in [0.4, 0.5) is 5.82 Å². The van der Waals surface area contributed by atoms with Gasteiger partial charge in [-0.05, 0) is 37.1 Å². The van der Waals surface area contributed by atoms with Crippen LogP contribution in [-0.2, 0) is 12.8 Å². The first-order valence-electron chi connectivity index (χ1n) is 9.10. The number of pyridine rings is 2. The normalized spacial score (nSPS) is 17.4. The van der Waals surface area contributed by atoms with Crippen LogP contribution in [0.1, 0.15) is 43.4 Å². The van der Waals surface area contributed by atoms with E-state index in [0.29, 0.717) is 5.92 Å². The first-order valence-corrected chi connectivity index (χ1v) is 9.10. The van der Waals surface area contributed by atoms with Crippen LogP contribution in [0.2, 0.25) is 0 Å². The molecule has 4 rings (SSSR count). The highest BCUT2D eigenvalue weighted by Crippen LogP contribution is 2.30. The van der Waals surface area contributed by atoms with Crippen LogP contribution in [0.3, 0.4) is 0 Å². The molecule has 0 N–H and O–H groups in total. The number of aromatic nitrogens is 4. The second-order valence-corrected chi connectivity index (χ2v) is 6.56. The van der Waals surface area contributed by atoms with E-state index in [4.69, 9.17) is 9.97 Å². The Balaban J connectivity index is 1.58. The third-order valence-electron chi connectivity index (χ3n) is 4.91. The van der Waals surface area contributed by atoms with Gasteiger partial charge in [-0.2, -0.15) is 0 Å². The molecule has 1 aliphatic rings. The Labute approximate surface area is 148 Å². The maximum atomic E-state index is 4.78. The van der Waals surface area contributed by atoms with Crippen LogP contribution in [0, 0.1) is 0 Å². The van der Waals surface area contributed by atoms with Crippen LogP contribution < -0.4 is 4.90 Å². The second kappa shape index (κ2) is 6.75. The van der Waals surface area contributed by atoms with Crippen molar-refractivity contribution in [3.05, 3.63) is 53.7 Å². The summed E-state index contributed by atoms with van der Waals surface area (Å²) in [6.07, 6.45) is 4.71. The molecule has 4 heterocycles. The molecule has 1 unspecified atom stereocenters. The van der Waals surface area contributed by atoms with Gasteiger partial charge in [0.15, 0.2) is 5.65 Å². The molecule has 5 heteroatoms. The number of nitrogens with zero attached hydrogens (tertiary/aromatic N) is 5. The first-order chi connectivity index (χ1) is 12.3. The van der Waals surface area contributed by atoms with E-state index in [1.165, 1.54) is 0 Å². The van der Waals surface area contributed by atoms with Crippen LogP contribution in [-0.4, -0.2) is 33.0 Å². The van der Waals surface area contributed by atoms with E-state index in [1.807, 2.05) is 6.07 Å². The van der Waals surface area contributed by atoms with Crippen LogP contribution in [0.15, 0.2) is 36.5 Å². The van der Waals surface area contributed by atoms with Gasteiger partial charge in [-0.1, -0.05) is 13.8 Å². The molecule has 1 aliphatic heterocycles. The first kappa shape index (κ1) is 15.9. The highest BCUT2D eigenvalue weighted by atomic mass is 15.2. The Morgan fingerprint density at radius 3 is 2.84 bits per heavy atom. The van der Waals surface area contributed by atoms with Crippen molar-refractivity contribution in [2.75, 3.05) is 18.0 Å². The van der Waals surface area contributed by atoms with Gasteiger partial charge >= 0.3 is 0 Å². The molecule has 128 valence electrons. The molecule has 0 spiro atoms. The Morgan fingerprint density at radius 1 is 1.08 bits per heavy atom. The molecular weight excluding hydrogens is 310 g/mol. The van der Waals surface area contributed by atoms with Gasteiger partial charge in [0.2, 0.25) is 0 Å². The maximum Gasteiger partial charge on any atom is 0.159 e. The molecule has 1 saturated heterocycles. The number of fused-ring (bicyclic) bond motifs is 1. The van der Waals surface area contributed by atoms with Gasteiger partial charge in [0.25, 0.3) is 0 Å². The molecule has 0 amide bonds. The molecular formula is C20H23N5. The van der Waals surface area contributed by atoms with Crippen molar-refractivity contribution in [2.45, 2.75) is 39.0 Å². The van der Waals surface area contributed by atoms with Crippen molar-refractivity contribution < 1.29 is 0 Å². The van der Waals surface area contributed by atoms with Crippen molar-refractivity contribution in [3.63, 3.8) is 0 Å². The molecule has 0 radical (unpaired) electrons. The highest BCUT2D eigenvalue weighted by Gasteiger charge is 2.26. The number of hydrogen-bond acceptors (Lipinski definition) is 5. The second-order valence-electron chi connectivity index (χ2n) is 6.56. The summed E-state index contributed by atoms with van der Waals surface area (Å²) < 4.78 is 0. The lowest BCUT2D eigenvalue weighted by molar-refractivity contribution is 0.746. The van der Waals surface area contributed by atoms with Gasteiger partial charge in [0.1, 0.15) is 11.6 Å². The lowest BCUT2D eigenvalue weighted by atomic mass is 10.0. The molecule has 1 fully saturated rings. The summed E-state index contributed by atoms with van der Waals surface area (Å²) in [6.45, 7) is 6.21. The monoisotopic (exact) mass is 333 g/mol. The minimum Gasteiger partial charge on any atom is -0.356 e. The minimum absolute atomic E-state index is 0.427. The van der Waals surface area contributed by atoms with Gasteiger partial charge in [0, 0.05) is 54.5 Å². The molecule has 0 bridgehead atoms. The molecule has 3 aromatic heterocycles. The van der Waals surface area contributed by atoms with Crippen LogP contribution >= 0.6 is 0 Å². The van der Waals surface area contributed by atoms with Gasteiger partial charge < -0.3 is 4.90 Å². The summed E-state index contributed by atoms with van der Waals surface area (Å²) in [7, 11) is 0. The van der Waals surface area contributed by atoms with E-state index in [0.717, 1.165) is 66.4 Å². The van der Waals surface area contributed by atoms with E-state index in [9.17, 15) is 0 Å². The fraction of sp³-hybridized carbons (Fsp3) is 0.400. The topological polar surface area (TPSA) is 54.8 Å². The van der Waals surface area contributed by atoms with Crippen LogP contribution in [0.5, 0.6) is 0 Å². The Hall–Kier alpha value is -2.56. The standard InChI is InChI=1S/C20H23N5/c1-3-16-12-19(24-18(4-2)22-16)25-11-9-15(13-25)17-8-7-14-6-5-10-21-20(14)23-17/h5-8,10,12,15H,3-4,9,11,13H2,1-2H3. The van der Waals surface area contributed by atoms with E-state index in [-0.39, 0.29) is 0 Å². The zero-order valence-electron chi connectivity index (χ0n) is 14.8. The lowest BCUT2D eigenvalue weighted by Gasteiger charge is -2.19. The largest absolute Gasteiger partial charge is 0.356 e. The van der Waals surface area contributed by atoms with E-state index >= 15 is 0 Å². The Bertz CT molecular complexity index is 870. The molecule has 1 atom stereocenters. The van der Waals surface area contributed by atoms with Crippen molar-refractivity contribution >= 4 is 16.9 Å². The molecule has 5 nitrogen and oxygen atoms in total. The highest BCUT2D eigenvalue weighted by molar-refractivity contribution is 5.74. The number of hydrogen-bond donors (Lipinski definition) is 0. The summed E-state index contributed by atoms with van der Waals surface area (Å²) >= 11 is 0. The molecule has 25 heavy (non-hydrogen) atoms. The molecule has 3 aromatic rings. The smallest absolute Gasteiger partial charge is 0.159 e. The fourth-order valence-electron chi connectivity index (χ4n) is 3.44. The maximum absolute atomic E-state index is 4.78. The predicted molar refractivity (Wildman–Crippen MR) is 99.9 cm³/mol. The molecule has 0 aliphatic carbocycles. The van der Waals surface area contributed by atoms with E-state index < -0.39 is 0 Å². The molecule has 0 aromatic carbocycles. The summed E-state index contributed by atoms with van der Waals surface area (Å²) in [5, 5.41) is 1.09. The summed E-state index contributed by atoms with van der Waals surface area (Å²) in [5.74, 6) is 2.42. The van der Waals surface area contributed by atoms with Gasteiger partial charge in [-0.3, -0.25) is 0 Å². The fourth-order valence-corrected chi connectivity index (χ4v) is 3.44. The summed E-state index contributed by atoms with van der Waals surface area (Å²) in [6, 6.07) is 10.4. The van der Waals surface area contributed by atoms with E-state index in [2.05, 4.69) is 53.0 Å². The predicted octanol–water partition coefficient (Wildman–Crippen LogP) is 3.54. The van der Waals surface area contributed by atoms with Gasteiger partial charge in [-0.25, -0.2) is 19.9 Å². The zero-order valence-corrected chi connectivity index (χ0v) is 14.8. The van der Waals surface area contributed by atoms with Crippen molar-refractivity contribution in [2.24, 2.45) is 0 Å². The SMILES string of the molecule is CCc1cc(N2CCC(c3ccc4cccnc4n3)C2)nc(CC)n1. The quantitative estimate of drug-likeness (QED) is 0.731.